The normalized spacial score (nSPS) is 11.0. The Kier molecular flexibility index (Phi) is 4.41. The number of carbonyl (C=O) groups is 1. The number of hydrogen-bond acceptors (Lipinski definition) is 5. The number of methoxy groups -OCH3 is 2. The summed E-state index contributed by atoms with van der Waals surface area (Å²) in [6.45, 7) is 0. The van der Waals surface area contributed by atoms with E-state index in [0.717, 1.165) is 20.3 Å². The SMILES string of the molecule is COC(=O)Cc1c(OC(F)(F)F)cc(OC)[nH]c1=O. The van der Waals surface area contributed by atoms with Crippen molar-refractivity contribution in [2.45, 2.75) is 12.8 Å². The first-order valence-electron chi connectivity index (χ1n) is 4.89. The summed E-state index contributed by atoms with van der Waals surface area (Å²) in [4.78, 5) is 24.8. The fourth-order valence-electron chi connectivity index (χ4n) is 1.25. The van der Waals surface area contributed by atoms with Gasteiger partial charge in [-0.3, -0.25) is 14.6 Å². The number of ether oxygens (including phenoxy) is 3. The summed E-state index contributed by atoms with van der Waals surface area (Å²) in [5.74, 6) is -1.90. The molecule has 0 amide bonds. The van der Waals surface area contributed by atoms with Gasteiger partial charge in [0.15, 0.2) is 5.88 Å². The summed E-state index contributed by atoms with van der Waals surface area (Å²) in [5.41, 5.74) is -1.42. The molecule has 0 spiro atoms. The molecule has 1 aromatic heterocycles. The average molecular weight is 281 g/mol. The molecule has 9 heteroatoms. The van der Waals surface area contributed by atoms with E-state index in [4.69, 9.17) is 0 Å². The lowest BCUT2D eigenvalue weighted by molar-refractivity contribution is -0.275. The van der Waals surface area contributed by atoms with E-state index >= 15 is 0 Å². The van der Waals surface area contributed by atoms with Crippen LogP contribution >= 0.6 is 0 Å². The third-order valence-electron chi connectivity index (χ3n) is 2.06. The van der Waals surface area contributed by atoms with Gasteiger partial charge in [-0.15, -0.1) is 13.2 Å². The zero-order valence-corrected chi connectivity index (χ0v) is 9.96. The molecule has 106 valence electrons. The smallest absolute Gasteiger partial charge is 0.482 e. The lowest BCUT2D eigenvalue weighted by Crippen LogP contribution is -2.24. The molecule has 19 heavy (non-hydrogen) atoms. The number of carbonyl (C=O) groups excluding carboxylic acids is 1. The van der Waals surface area contributed by atoms with Gasteiger partial charge < -0.3 is 14.2 Å². The van der Waals surface area contributed by atoms with Crippen LogP contribution in [-0.2, 0) is 16.0 Å². The summed E-state index contributed by atoms with van der Waals surface area (Å²) in [7, 11) is 2.20. The molecule has 0 bridgehead atoms. The van der Waals surface area contributed by atoms with E-state index in [1.165, 1.54) is 0 Å². The molecule has 0 aliphatic heterocycles. The summed E-state index contributed by atoms with van der Waals surface area (Å²) < 4.78 is 49.3. The van der Waals surface area contributed by atoms with Gasteiger partial charge in [0.05, 0.1) is 26.2 Å². The van der Waals surface area contributed by atoms with E-state index in [0.29, 0.717) is 0 Å². The van der Waals surface area contributed by atoms with Gasteiger partial charge in [0, 0.05) is 6.07 Å². The van der Waals surface area contributed by atoms with Gasteiger partial charge in [-0.25, -0.2) is 0 Å². The Morgan fingerprint density at radius 1 is 1.37 bits per heavy atom. The van der Waals surface area contributed by atoms with Crippen LogP contribution in [0.25, 0.3) is 0 Å². The Morgan fingerprint density at radius 3 is 2.47 bits per heavy atom. The van der Waals surface area contributed by atoms with Crippen molar-refractivity contribution in [1.29, 1.82) is 0 Å². The van der Waals surface area contributed by atoms with Gasteiger partial charge >= 0.3 is 12.3 Å². The van der Waals surface area contributed by atoms with Crippen LogP contribution in [0.5, 0.6) is 11.6 Å². The molecular weight excluding hydrogens is 271 g/mol. The Hall–Kier alpha value is -2.19. The monoisotopic (exact) mass is 281 g/mol. The number of H-pyrrole nitrogens is 1. The largest absolute Gasteiger partial charge is 0.573 e. The van der Waals surface area contributed by atoms with Crippen LogP contribution in [0.15, 0.2) is 10.9 Å². The zero-order valence-electron chi connectivity index (χ0n) is 9.96. The van der Waals surface area contributed by atoms with Crippen LogP contribution in [0.2, 0.25) is 0 Å². The molecule has 1 aromatic rings. The van der Waals surface area contributed by atoms with Crippen molar-refractivity contribution < 1.29 is 32.2 Å². The number of aromatic amines is 1. The second-order valence-electron chi connectivity index (χ2n) is 3.31. The number of alkyl halides is 3. The summed E-state index contributed by atoms with van der Waals surface area (Å²) in [6, 6.07) is 0.827. The highest BCUT2D eigenvalue weighted by Crippen LogP contribution is 2.27. The Balaban J connectivity index is 3.25. The minimum atomic E-state index is -5.00. The van der Waals surface area contributed by atoms with Crippen molar-refractivity contribution >= 4 is 5.97 Å². The predicted molar refractivity (Wildman–Crippen MR) is 56.0 cm³/mol. The first-order valence-corrected chi connectivity index (χ1v) is 4.89. The fourth-order valence-corrected chi connectivity index (χ4v) is 1.25. The molecular formula is C10H10F3NO5. The summed E-state index contributed by atoms with van der Waals surface area (Å²) >= 11 is 0. The van der Waals surface area contributed by atoms with Crippen molar-refractivity contribution in [3.8, 4) is 11.6 Å². The van der Waals surface area contributed by atoms with Crippen LogP contribution in [-0.4, -0.2) is 31.5 Å². The minimum absolute atomic E-state index is 0.224. The Bertz CT molecular complexity index is 523. The highest BCUT2D eigenvalue weighted by Gasteiger charge is 2.33. The molecule has 0 saturated carbocycles. The summed E-state index contributed by atoms with van der Waals surface area (Å²) in [6.07, 6.45) is -5.65. The molecule has 1 heterocycles. The van der Waals surface area contributed by atoms with Gasteiger partial charge in [0.2, 0.25) is 0 Å². The van der Waals surface area contributed by atoms with E-state index < -0.39 is 35.6 Å². The van der Waals surface area contributed by atoms with Crippen molar-refractivity contribution in [2.75, 3.05) is 14.2 Å². The Labute approximate surface area is 105 Å². The van der Waals surface area contributed by atoms with Crippen molar-refractivity contribution in [3.05, 3.63) is 22.0 Å². The lowest BCUT2D eigenvalue weighted by Gasteiger charge is -2.13. The fraction of sp³-hybridized carbons (Fsp3) is 0.400. The van der Waals surface area contributed by atoms with Crippen LogP contribution in [0.4, 0.5) is 13.2 Å². The molecule has 1 rings (SSSR count). The van der Waals surface area contributed by atoms with E-state index in [-0.39, 0.29) is 5.88 Å². The minimum Gasteiger partial charge on any atom is -0.482 e. The maximum atomic E-state index is 12.2. The first kappa shape index (κ1) is 14.9. The van der Waals surface area contributed by atoms with Gasteiger partial charge in [-0.05, 0) is 0 Å². The third kappa shape index (κ3) is 4.19. The molecule has 1 N–H and O–H groups in total. The topological polar surface area (TPSA) is 77.6 Å². The number of halogens is 3. The molecule has 0 aliphatic carbocycles. The molecule has 0 saturated heterocycles. The lowest BCUT2D eigenvalue weighted by atomic mass is 10.2. The van der Waals surface area contributed by atoms with Gasteiger partial charge in [0.25, 0.3) is 5.56 Å². The van der Waals surface area contributed by atoms with Gasteiger partial charge in [-0.1, -0.05) is 0 Å². The molecule has 0 atom stereocenters. The number of pyridine rings is 1. The van der Waals surface area contributed by atoms with Crippen molar-refractivity contribution in [3.63, 3.8) is 0 Å². The molecule has 0 unspecified atom stereocenters. The second-order valence-corrected chi connectivity index (χ2v) is 3.31. The van der Waals surface area contributed by atoms with Crippen molar-refractivity contribution in [1.82, 2.24) is 4.98 Å². The van der Waals surface area contributed by atoms with Crippen LogP contribution in [0, 0.1) is 0 Å². The standard InChI is InChI=1S/C10H10F3NO5/c1-17-7-4-6(19-10(11,12)13)5(9(16)14-7)3-8(15)18-2/h4H,3H2,1-2H3,(H,14,16). The predicted octanol–water partition coefficient (Wildman–Crippen LogP) is 0.998. The average Bonchev–Trinajstić information content (AvgIpc) is 2.30. The van der Waals surface area contributed by atoms with E-state index in [1.807, 2.05) is 0 Å². The van der Waals surface area contributed by atoms with Crippen molar-refractivity contribution in [2.24, 2.45) is 0 Å². The van der Waals surface area contributed by atoms with Gasteiger partial charge in [0.1, 0.15) is 5.75 Å². The number of nitrogens with one attached hydrogen (secondary N) is 1. The molecule has 0 aromatic carbocycles. The quantitative estimate of drug-likeness (QED) is 0.833. The van der Waals surface area contributed by atoms with Crippen LogP contribution in [0.1, 0.15) is 5.56 Å². The number of esters is 1. The van der Waals surface area contributed by atoms with E-state index in [9.17, 15) is 22.8 Å². The maximum Gasteiger partial charge on any atom is 0.573 e. The number of rotatable bonds is 4. The third-order valence-corrected chi connectivity index (χ3v) is 2.06. The maximum absolute atomic E-state index is 12.2. The highest BCUT2D eigenvalue weighted by atomic mass is 19.4. The van der Waals surface area contributed by atoms with E-state index in [1.54, 1.807) is 0 Å². The number of hydrogen-bond donors (Lipinski definition) is 1. The molecule has 0 aliphatic rings. The molecule has 6 nitrogen and oxygen atoms in total. The zero-order chi connectivity index (χ0) is 14.6. The molecule has 0 radical (unpaired) electrons. The summed E-state index contributed by atoms with van der Waals surface area (Å²) in [5, 5.41) is 0. The van der Waals surface area contributed by atoms with Crippen LogP contribution in [0.3, 0.4) is 0 Å². The second kappa shape index (κ2) is 5.63. The highest BCUT2D eigenvalue weighted by molar-refractivity contribution is 5.73. The first-order chi connectivity index (χ1) is 8.76. The van der Waals surface area contributed by atoms with E-state index in [2.05, 4.69) is 19.2 Å². The van der Waals surface area contributed by atoms with Crippen LogP contribution < -0.4 is 15.0 Å². The van der Waals surface area contributed by atoms with Gasteiger partial charge in [-0.2, -0.15) is 0 Å². The molecule has 0 fully saturated rings. The Morgan fingerprint density at radius 2 is 2.00 bits per heavy atom. The number of aromatic nitrogens is 1.